The van der Waals surface area contributed by atoms with Gasteiger partial charge in [0, 0.05) is 36.8 Å². The fourth-order valence-electron chi connectivity index (χ4n) is 2.94. The van der Waals surface area contributed by atoms with E-state index in [4.69, 9.17) is 0 Å². The Bertz CT molecular complexity index is 623. The molecule has 0 spiro atoms. The van der Waals surface area contributed by atoms with E-state index in [1.54, 1.807) is 11.3 Å². The maximum atomic E-state index is 12.2. The van der Waals surface area contributed by atoms with Crippen molar-refractivity contribution in [3.8, 4) is 0 Å². The van der Waals surface area contributed by atoms with Crippen molar-refractivity contribution >= 4 is 28.6 Å². The Hall–Kier alpha value is -1.24. The third-order valence-corrected chi connectivity index (χ3v) is 5.87. The van der Waals surface area contributed by atoms with Gasteiger partial charge in [-0.3, -0.25) is 9.69 Å². The SMILES string of the molecule is Cc1ncc(CN2CC[C@@H](NC(=O)c3cccs3)[C@H](C)C2)s1. The summed E-state index contributed by atoms with van der Waals surface area (Å²) in [6.07, 6.45) is 2.99. The van der Waals surface area contributed by atoms with Crippen LogP contribution in [-0.4, -0.2) is 34.9 Å². The van der Waals surface area contributed by atoms with E-state index in [0.717, 1.165) is 35.9 Å². The average Bonchev–Trinajstić information content (AvgIpc) is 3.13. The lowest BCUT2D eigenvalue weighted by atomic mass is 9.93. The zero-order chi connectivity index (χ0) is 15.5. The lowest BCUT2D eigenvalue weighted by Gasteiger charge is -2.37. The molecule has 0 bridgehead atoms. The molecule has 2 aromatic heterocycles. The summed E-state index contributed by atoms with van der Waals surface area (Å²) in [6, 6.07) is 4.07. The fourth-order valence-corrected chi connectivity index (χ4v) is 4.40. The van der Waals surface area contributed by atoms with Crippen LogP contribution in [0.5, 0.6) is 0 Å². The summed E-state index contributed by atoms with van der Waals surface area (Å²) in [7, 11) is 0. The highest BCUT2D eigenvalue weighted by Crippen LogP contribution is 2.22. The summed E-state index contributed by atoms with van der Waals surface area (Å²) in [4.78, 5) is 21.1. The molecule has 0 aliphatic carbocycles. The van der Waals surface area contributed by atoms with E-state index < -0.39 is 0 Å². The molecule has 1 aliphatic rings. The van der Waals surface area contributed by atoms with Crippen LogP contribution in [0.2, 0.25) is 0 Å². The molecular formula is C16H21N3OS2. The molecule has 0 radical (unpaired) electrons. The van der Waals surface area contributed by atoms with E-state index in [9.17, 15) is 4.79 Å². The van der Waals surface area contributed by atoms with Crippen molar-refractivity contribution < 1.29 is 4.79 Å². The zero-order valence-corrected chi connectivity index (χ0v) is 14.5. The first-order valence-corrected chi connectivity index (χ1v) is 9.29. The average molecular weight is 335 g/mol. The monoisotopic (exact) mass is 335 g/mol. The summed E-state index contributed by atoms with van der Waals surface area (Å²) >= 11 is 3.27. The first-order valence-electron chi connectivity index (χ1n) is 7.60. The number of thiophene rings is 1. The number of hydrogen-bond acceptors (Lipinski definition) is 5. The van der Waals surface area contributed by atoms with Crippen molar-refractivity contribution in [1.82, 2.24) is 15.2 Å². The highest BCUT2D eigenvalue weighted by Gasteiger charge is 2.27. The van der Waals surface area contributed by atoms with Gasteiger partial charge in [-0.1, -0.05) is 13.0 Å². The number of piperidine rings is 1. The number of nitrogens with zero attached hydrogens (tertiary/aromatic N) is 2. The van der Waals surface area contributed by atoms with Crippen LogP contribution < -0.4 is 5.32 Å². The summed E-state index contributed by atoms with van der Waals surface area (Å²) in [5.74, 6) is 0.532. The lowest BCUT2D eigenvalue weighted by Crippen LogP contribution is -2.49. The molecule has 1 saturated heterocycles. The van der Waals surface area contributed by atoms with Crippen LogP contribution in [0.15, 0.2) is 23.7 Å². The van der Waals surface area contributed by atoms with Gasteiger partial charge in [-0.25, -0.2) is 4.98 Å². The topological polar surface area (TPSA) is 45.2 Å². The van der Waals surface area contributed by atoms with Gasteiger partial charge in [0.1, 0.15) is 0 Å². The van der Waals surface area contributed by atoms with Crippen molar-refractivity contribution in [2.45, 2.75) is 32.9 Å². The van der Waals surface area contributed by atoms with E-state index in [1.165, 1.54) is 16.2 Å². The molecule has 1 fully saturated rings. The molecular weight excluding hydrogens is 314 g/mol. The maximum Gasteiger partial charge on any atom is 0.261 e. The maximum absolute atomic E-state index is 12.2. The van der Waals surface area contributed by atoms with Gasteiger partial charge in [0.15, 0.2) is 0 Å². The molecule has 4 nitrogen and oxygen atoms in total. The first kappa shape index (κ1) is 15.6. The Morgan fingerprint density at radius 2 is 2.41 bits per heavy atom. The summed E-state index contributed by atoms with van der Waals surface area (Å²) in [5, 5.41) is 6.26. The van der Waals surface area contributed by atoms with E-state index >= 15 is 0 Å². The Kier molecular flexibility index (Phi) is 4.90. The van der Waals surface area contributed by atoms with Gasteiger partial charge in [0.25, 0.3) is 5.91 Å². The van der Waals surface area contributed by atoms with Gasteiger partial charge in [0.05, 0.1) is 9.88 Å². The quantitative estimate of drug-likeness (QED) is 0.933. The van der Waals surface area contributed by atoms with E-state index in [1.807, 2.05) is 30.6 Å². The number of carbonyl (C=O) groups is 1. The predicted molar refractivity (Wildman–Crippen MR) is 91.5 cm³/mol. The predicted octanol–water partition coefficient (Wildman–Crippen LogP) is 3.15. The Morgan fingerprint density at radius 3 is 3.05 bits per heavy atom. The van der Waals surface area contributed by atoms with Crippen LogP contribution in [0, 0.1) is 12.8 Å². The minimum absolute atomic E-state index is 0.0679. The standard InChI is InChI=1S/C16H21N3OS2/c1-11-9-19(10-13-8-17-12(2)22-13)6-5-14(11)18-16(20)15-4-3-7-21-15/h3-4,7-8,11,14H,5-6,9-10H2,1-2H3,(H,18,20)/t11-,14-/m1/s1. The van der Waals surface area contributed by atoms with E-state index in [0.29, 0.717) is 5.92 Å². The van der Waals surface area contributed by atoms with Gasteiger partial charge in [-0.15, -0.1) is 22.7 Å². The molecule has 3 rings (SSSR count). The number of carbonyl (C=O) groups excluding carboxylic acids is 1. The number of thiazole rings is 1. The third-order valence-electron chi connectivity index (χ3n) is 4.10. The second kappa shape index (κ2) is 6.89. The van der Waals surface area contributed by atoms with Crippen LogP contribution in [0.4, 0.5) is 0 Å². The number of aromatic nitrogens is 1. The molecule has 118 valence electrons. The minimum atomic E-state index is 0.0679. The smallest absolute Gasteiger partial charge is 0.261 e. The van der Waals surface area contributed by atoms with Crippen LogP contribution in [0.1, 0.15) is 32.9 Å². The van der Waals surface area contributed by atoms with Gasteiger partial charge in [-0.05, 0) is 30.7 Å². The first-order chi connectivity index (χ1) is 10.6. The minimum Gasteiger partial charge on any atom is -0.348 e. The van der Waals surface area contributed by atoms with Crippen molar-refractivity contribution in [3.63, 3.8) is 0 Å². The highest BCUT2D eigenvalue weighted by molar-refractivity contribution is 7.12. The van der Waals surface area contributed by atoms with Crippen LogP contribution in [0.3, 0.4) is 0 Å². The normalized spacial score (nSPS) is 22.6. The van der Waals surface area contributed by atoms with E-state index in [2.05, 4.69) is 22.1 Å². The molecule has 6 heteroatoms. The van der Waals surface area contributed by atoms with E-state index in [-0.39, 0.29) is 11.9 Å². The van der Waals surface area contributed by atoms with Crippen molar-refractivity contribution in [2.75, 3.05) is 13.1 Å². The fraction of sp³-hybridized carbons (Fsp3) is 0.500. The van der Waals surface area contributed by atoms with Gasteiger partial charge >= 0.3 is 0 Å². The molecule has 1 N–H and O–H groups in total. The Balaban J connectivity index is 1.52. The molecule has 0 aromatic carbocycles. The molecule has 2 atom stereocenters. The molecule has 0 unspecified atom stereocenters. The lowest BCUT2D eigenvalue weighted by molar-refractivity contribution is 0.0865. The zero-order valence-electron chi connectivity index (χ0n) is 12.9. The summed E-state index contributed by atoms with van der Waals surface area (Å²) in [5.41, 5.74) is 0. The van der Waals surface area contributed by atoms with Gasteiger partial charge < -0.3 is 5.32 Å². The summed E-state index contributed by atoms with van der Waals surface area (Å²) < 4.78 is 0. The number of nitrogens with one attached hydrogen (secondary N) is 1. The van der Waals surface area contributed by atoms with Crippen LogP contribution >= 0.6 is 22.7 Å². The molecule has 22 heavy (non-hydrogen) atoms. The molecule has 2 aromatic rings. The van der Waals surface area contributed by atoms with Crippen LogP contribution in [0.25, 0.3) is 0 Å². The molecule has 3 heterocycles. The van der Waals surface area contributed by atoms with Crippen molar-refractivity contribution in [2.24, 2.45) is 5.92 Å². The van der Waals surface area contributed by atoms with Crippen molar-refractivity contribution in [1.29, 1.82) is 0 Å². The number of aryl methyl sites for hydroxylation is 1. The van der Waals surface area contributed by atoms with Gasteiger partial charge in [-0.2, -0.15) is 0 Å². The Morgan fingerprint density at radius 1 is 1.55 bits per heavy atom. The number of amides is 1. The second-order valence-electron chi connectivity index (χ2n) is 5.90. The molecule has 1 aliphatic heterocycles. The Labute approximate surface area is 139 Å². The van der Waals surface area contributed by atoms with Gasteiger partial charge in [0.2, 0.25) is 0 Å². The van der Waals surface area contributed by atoms with Crippen molar-refractivity contribution in [3.05, 3.63) is 38.5 Å². The molecule has 1 amide bonds. The molecule has 0 saturated carbocycles. The number of rotatable bonds is 4. The third kappa shape index (κ3) is 3.74. The summed E-state index contributed by atoms with van der Waals surface area (Å²) in [6.45, 7) is 7.29. The number of likely N-dealkylation sites (tertiary alicyclic amines) is 1. The second-order valence-corrected chi connectivity index (χ2v) is 8.17. The highest BCUT2D eigenvalue weighted by atomic mass is 32.1. The number of hydrogen-bond donors (Lipinski definition) is 1. The van der Waals surface area contributed by atoms with Crippen LogP contribution in [-0.2, 0) is 6.54 Å². The largest absolute Gasteiger partial charge is 0.348 e.